The molecular formula is C13H16BrNO3. The van der Waals surface area contributed by atoms with Crippen LogP contribution >= 0.6 is 15.9 Å². The van der Waals surface area contributed by atoms with Crippen LogP contribution in [0, 0.1) is 6.92 Å². The van der Waals surface area contributed by atoms with Crippen LogP contribution in [0.15, 0.2) is 22.7 Å². The van der Waals surface area contributed by atoms with Crippen LogP contribution in [0.4, 0.5) is 0 Å². The van der Waals surface area contributed by atoms with Crippen LogP contribution in [0.3, 0.4) is 0 Å². The first kappa shape index (κ1) is 14.7. The fourth-order valence-corrected chi connectivity index (χ4v) is 2.02. The van der Waals surface area contributed by atoms with Gasteiger partial charge in [-0.1, -0.05) is 22.0 Å². The summed E-state index contributed by atoms with van der Waals surface area (Å²) in [6, 6.07) is 5.76. The number of likely N-dealkylation sites (N-methyl/N-ethyl adjacent to an activating group) is 1. The molecule has 0 aliphatic rings. The average molecular weight is 314 g/mol. The molecule has 0 radical (unpaired) electrons. The molecule has 1 N–H and O–H groups in total. The second kappa shape index (κ2) is 6.54. The van der Waals surface area contributed by atoms with E-state index < -0.39 is 5.97 Å². The Hall–Kier alpha value is -1.36. The van der Waals surface area contributed by atoms with Crippen molar-refractivity contribution in [2.45, 2.75) is 19.8 Å². The van der Waals surface area contributed by atoms with Gasteiger partial charge >= 0.3 is 5.97 Å². The van der Waals surface area contributed by atoms with Gasteiger partial charge in [0.1, 0.15) is 0 Å². The number of aryl methyl sites for hydroxylation is 1. The third-order valence-electron chi connectivity index (χ3n) is 2.73. The van der Waals surface area contributed by atoms with Gasteiger partial charge in [-0.15, -0.1) is 0 Å². The van der Waals surface area contributed by atoms with E-state index in [1.54, 1.807) is 7.05 Å². The molecule has 1 amide bonds. The summed E-state index contributed by atoms with van der Waals surface area (Å²) in [5.41, 5.74) is 2.01. The van der Waals surface area contributed by atoms with Crippen molar-refractivity contribution < 1.29 is 14.7 Å². The maximum absolute atomic E-state index is 11.9. The fraction of sp³-hybridized carbons (Fsp3) is 0.385. The molecule has 5 heteroatoms. The standard InChI is InChI=1S/C13H16BrNO3/c1-9-7-11(14)4-3-10(9)8-12(16)15(2)6-5-13(17)18/h3-4,7H,5-6,8H2,1-2H3,(H,17,18). The lowest BCUT2D eigenvalue weighted by Gasteiger charge is -2.16. The van der Waals surface area contributed by atoms with Gasteiger partial charge in [-0.3, -0.25) is 9.59 Å². The Morgan fingerprint density at radius 1 is 1.39 bits per heavy atom. The van der Waals surface area contributed by atoms with Gasteiger partial charge in [-0.25, -0.2) is 0 Å². The number of carboxylic acids is 1. The number of halogens is 1. The molecule has 0 aliphatic carbocycles. The lowest BCUT2D eigenvalue weighted by atomic mass is 10.1. The smallest absolute Gasteiger partial charge is 0.305 e. The highest BCUT2D eigenvalue weighted by Crippen LogP contribution is 2.16. The quantitative estimate of drug-likeness (QED) is 0.907. The molecule has 18 heavy (non-hydrogen) atoms. The molecule has 0 atom stereocenters. The topological polar surface area (TPSA) is 57.6 Å². The summed E-state index contributed by atoms with van der Waals surface area (Å²) < 4.78 is 0.982. The summed E-state index contributed by atoms with van der Waals surface area (Å²) in [6.07, 6.45) is 0.275. The molecule has 0 aromatic heterocycles. The predicted molar refractivity (Wildman–Crippen MR) is 72.5 cm³/mol. The van der Waals surface area contributed by atoms with Gasteiger partial charge in [0, 0.05) is 18.1 Å². The number of rotatable bonds is 5. The van der Waals surface area contributed by atoms with Crippen LogP contribution in [0.5, 0.6) is 0 Å². The predicted octanol–water partition coefficient (Wildman–Crippen LogP) is 2.23. The fourth-order valence-electron chi connectivity index (χ4n) is 1.54. The van der Waals surface area contributed by atoms with Gasteiger partial charge in [0.05, 0.1) is 12.8 Å². The van der Waals surface area contributed by atoms with Crippen molar-refractivity contribution in [2.24, 2.45) is 0 Å². The number of carbonyl (C=O) groups is 2. The van der Waals surface area contributed by atoms with E-state index in [2.05, 4.69) is 15.9 Å². The molecule has 98 valence electrons. The Morgan fingerprint density at radius 2 is 2.06 bits per heavy atom. The van der Waals surface area contributed by atoms with Crippen molar-refractivity contribution in [2.75, 3.05) is 13.6 Å². The summed E-state index contributed by atoms with van der Waals surface area (Å²) in [7, 11) is 1.62. The van der Waals surface area contributed by atoms with E-state index in [9.17, 15) is 9.59 Å². The van der Waals surface area contributed by atoms with Gasteiger partial charge in [0.25, 0.3) is 0 Å². The lowest BCUT2D eigenvalue weighted by Crippen LogP contribution is -2.30. The molecule has 0 aliphatic heterocycles. The molecule has 4 nitrogen and oxygen atoms in total. The summed E-state index contributed by atoms with van der Waals surface area (Å²) in [6.45, 7) is 2.19. The molecule has 1 rings (SSSR count). The number of carboxylic acid groups (broad SMARTS) is 1. The number of hydrogen-bond acceptors (Lipinski definition) is 2. The molecule has 0 fully saturated rings. The van der Waals surface area contributed by atoms with Crippen molar-refractivity contribution in [1.82, 2.24) is 4.90 Å². The Morgan fingerprint density at radius 3 is 2.61 bits per heavy atom. The monoisotopic (exact) mass is 313 g/mol. The normalized spacial score (nSPS) is 10.2. The minimum Gasteiger partial charge on any atom is -0.481 e. The average Bonchev–Trinajstić information content (AvgIpc) is 2.29. The molecule has 0 saturated carbocycles. The summed E-state index contributed by atoms with van der Waals surface area (Å²) in [4.78, 5) is 23.8. The van der Waals surface area contributed by atoms with Gasteiger partial charge in [-0.05, 0) is 30.2 Å². The van der Waals surface area contributed by atoms with E-state index in [1.165, 1.54) is 4.90 Å². The maximum atomic E-state index is 11.9. The van der Waals surface area contributed by atoms with Crippen LogP contribution < -0.4 is 0 Å². The first-order valence-corrected chi connectivity index (χ1v) is 6.40. The highest BCUT2D eigenvalue weighted by molar-refractivity contribution is 9.10. The Bertz CT molecular complexity index is 460. The first-order valence-electron chi connectivity index (χ1n) is 5.61. The van der Waals surface area contributed by atoms with Crippen LogP contribution in [0.2, 0.25) is 0 Å². The molecule has 0 bridgehead atoms. The largest absolute Gasteiger partial charge is 0.481 e. The van der Waals surface area contributed by atoms with Crippen molar-refractivity contribution in [3.8, 4) is 0 Å². The van der Waals surface area contributed by atoms with Crippen LogP contribution in [0.1, 0.15) is 17.5 Å². The van der Waals surface area contributed by atoms with Crippen LogP contribution in [0.25, 0.3) is 0 Å². The zero-order chi connectivity index (χ0) is 13.7. The van der Waals surface area contributed by atoms with Gasteiger partial charge < -0.3 is 10.0 Å². The highest BCUT2D eigenvalue weighted by atomic mass is 79.9. The van der Waals surface area contributed by atoms with Crippen molar-refractivity contribution in [3.05, 3.63) is 33.8 Å². The summed E-state index contributed by atoms with van der Waals surface area (Å²) >= 11 is 3.37. The van der Waals surface area contributed by atoms with Crippen LogP contribution in [-0.4, -0.2) is 35.5 Å². The zero-order valence-electron chi connectivity index (χ0n) is 10.4. The number of amides is 1. The second-order valence-corrected chi connectivity index (χ2v) is 5.12. The van der Waals surface area contributed by atoms with Crippen molar-refractivity contribution in [1.29, 1.82) is 0 Å². The molecule has 0 unspecified atom stereocenters. The number of carbonyl (C=O) groups excluding carboxylic acids is 1. The van der Waals surface area contributed by atoms with Gasteiger partial charge in [0.2, 0.25) is 5.91 Å². The summed E-state index contributed by atoms with van der Waals surface area (Å²) in [5, 5.41) is 8.57. The molecular weight excluding hydrogens is 298 g/mol. The van der Waals surface area contributed by atoms with E-state index in [1.807, 2.05) is 25.1 Å². The second-order valence-electron chi connectivity index (χ2n) is 4.21. The molecule has 1 aromatic rings. The van der Waals surface area contributed by atoms with Crippen molar-refractivity contribution >= 4 is 27.8 Å². The van der Waals surface area contributed by atoms with Crippen LogP contribution in [-0.2, 0) is 16.0 Å². The van der Waals surface area contributed by atoms with E-state index in [4.69, 9.17) is 5.11 Å². The van der Waals surface area contributed by atoms with E-state index >= 15 is 0 Å². The Balaban J connectivity index is 2.61. The lowest BCUT2D eigenvalue weighted by molar-refractivity contribution is -0.138. The Labute approximate surface area is 115 Å². The third-order valence-corrected chi connectivity index (χ3v) is 3.23. The number of aliphatic carboxylic acids is 1. The van der Waals surface area contributed by atoms with Crippen molar-refractivity contribution in [3.63, 3.8) is 0 Å². The molecule has 0 heterocycles. The first-order chi connectivity index (χ1) is 8.40. The number of benzene rings is 1. The summed E-state index contributed by atoms with van der Waals surface area (Å²) in [5.74, 6) is -0.962. The maximum Gasteiger partial charge on any atom is 0.305 e. The third kappa shape index (κ3) is 4.49. The van der Waals surface area contributed by atoms with Gasteiger partial charge in [0.15, 0.2) is 0 Å². The van der Waals surface area contributed by atoms with E-state index in [0.717, 1.165) is 15.6 Å². The SMILES string of the molecule is Cc1cc(Br)ccc1CC(=O)N(C)CCC(=O)O. The van der Waals surface area contributed by atoms with E-state index in [0.29, 0.717) is 6.42 Å². The molecule has 0 saturated heterocycles. The van der Waals surface area contributed by atoms with Gasteiger partial charge in [-0.2, -0.15) is 0 Å². The zero-order valence-corrected chi connectivity index (χ0v) is 12.0. The number of hydrogen-bond donors (Lipinski definition) is 1. The minimum absolute atomic E-state index is 0.0262. The van der Waals surface area contributed by atoms with E-state index in [-0.39, 0.29) is 18.9 Å². The Kier molecular flexibility index (Phi) is 5.34. The molecule has 0 spiro atoms. The minimum atomic E-state index is -0.894. The highest BCUT2D eigenvalue weighted by Gasteiger charge is 2.12. The molecule has 1 aromatic carbocycles. The number of nitrogens with zero attached hydrogens (tertiary/aromatic N) is 1.